The summed E-state index contributed by atoms with van der Waals surface area (Å²) in [6, 6.07) is 0.213. The molecule has 0 amide bonds. The second kappa shape index (κ2) is 6.51. The van der Waals surface area contributed by atoms with Crippen LogP contribution in [0.2, 0.25) is 0 Å². The molecule has 0 aromatic carbocycles. The van der Waals surface area contributed by atoms with Crippen molar-refractivity contribution in [3.8, 4) is 0 Å². The van der Waals surface area contributed by atoms with E-state index in [-0.39, 0.29) is 23.5 Å². The van der Waals surface area contributed by atoms with Gasteiger partial charge in [0.2, 0.25) is 0 Å². The third kappa shape index (κ3) is 3.94. The van der Waals surface area contributed by atoms with Crippen LogP contribution in [0.1, 0.15) is 25.7 Å². The zero-order valence-corrected chi connectivity index (χ0v) is 11.6. The summed E-state index contributed by atoms with van der Waals surface area (Å²) in [7, 11) is -3.44. The monoisotopic (exact) mass is 294 g/mol. The fourth-order valence-corrected chi connectivity index (χ4v) is 3.23. The summed E-state index contributed by atoms with van der Waals surface area (Å²) in [6.07, 6.45) is 6.71. The number of nitrogens with two attached hydrogens (primary N) is 1. The number of hydrogen-bond acceptors (Lipinski definition) is 4. The zero-order valence-electron chi connectivity index (χ0n) is 10.0. The van der Waals surface area contributed by atoms with E-state index in [0.717, 1.165) is 25.7 Å². The van der Waals surface area contributed by atoms with E-state index in [2.05, 4.69) is 14.7 Å². The van der Waals surface area contributed by atoms with Crippen molar-refractivity contribution in [3.05, 3.63) is 12.5 Å². The number of sulfonamides is 1. The molecule has 104 valence electrons. The van der Waals surface area contributed by atoms with E-state index in [1.807, 2.05) is 0 Å². The molecule has 1 aliphatic rings. The van der Waals surface area contributed by atoms with E-state index < -0.39 is 10.0 Å². The minimum absolute atomic E-state index is 0. The summed E-state index contributed by atoms with van der Waals surface area (Å²) in [5.74, 6) is 0.344. The number of H-pyrrole nitrogens is 1. The maximum Gasteiger partial charge on any atom is 0.257 e. The topological polar surface area (TPSA) is 101 Å². The summed E-state index contributed by atoms with van der Waals surface area (Å²) in [6.45, 7) is 0.453. The van der Waals surface area contributed by atoms with Gasteiger partial charge >= 0.3 is 0 Å². The highest BCUT2D eigenvalue weighted by molar-refractivity contribution is 7.89. The molecule has 6 nitrogen and oxygen atoms in total. The number of aromatic amines is 1. The Morgan fingerprint density at radius 2 is 2.28 bits per heavy atom. The Bertz CT molecular complexity index is 448. The van der Waals surface area contributed by atoms with Crippen molar-refractivity contribution in [3.63, 3.8) is 0 Å². The van der Waals surface area contributed by atoms with Gasteiger partial charge in [0.25, 0.3) is 10.0 Å². The van der Waals surface area contributed by atoms with E-state index in [0.29, 0.717) is 12.5 Å². The molecule has 1 heterocycles. The number of aromatic nitrogens is 2. The van der Waals surface area contributed by atoms with E-state index in [1.54, 1.807) is 0 Å². The van der Waals surface area contributed by atoms with Gasteiger partial charge in [-0.2, -0.15) is 0 Å². The van der Waals surface area contributed by atoms with Gasteiger partial charge in [-0.15, -0.1) is 12.4 Å². The maximum absolute atomic E-state index is 11.8. The molecular formula is C10H19ClN4O2S. The van der Waals surface area contributed by atoms with Crippen LogP contribution in [0.15, 0.2) is 17.6 Å². The molecule has 1 saturated carbocycles. The van der Waals surface area contributed by atoms with Gasteiger partial charge in [-0.1, -0.05) is 6.42 Å². The highest BCUT2D eigenvalue weighted by Gasteiger charge is 2.22. The fourth-order valence-electron chi connectivity index (χ4n) is 2.21. The first-order valence-corrected chi connectivity index (χ1v) is 7.30. The van der Waals surface area contributed by atoms with Crippen LogP contribution in [-0.4, -0.2) is 31.0 Å². The van der Waals surface area contributed by atoms with Gasteiger partial charge < -0.3 is 10.7 Å². The average molecular weight is 295 g/mol. The Morgan fingerprint density at radius 3 is 2.89 bits per heavy atom. The average Bonchev–Trinajstić information content (AvgIpc) is 2.81. The van der Waals surface area contributed by atoms with Crippen molar-refractivity contribution in [2.24, 2.45) is 11.7 Å². The highest BCUT2D eigenvalue weighted by Crippen LogP contribution is 2.22. The Labute approximate surface area is 113 Å². The Balaban J connectivity index is 0.00000162. The van der Waals surface area contributed by atoms with Gasteiger partial charge in [0.05, 0.1) is 12.5 Å². The molecule has 1 fully saturated rings. The number of imidazole rings is 1. The Morgan fingerprint density at radius 1 is 1.50 bits per heavy atom. The first-order chi connectivity index (χ1) is 8.08. The minimum Gasteiger partial charge on any atom is -0.335 e. The van der Waals surface area contributed by atoms with Crippen LogP contribution >= 0.6 is 12.4 Å². The molecule has 0 saturated heterocycles. The molecule has 0 bridgehead atoms. The maximum atomic E-state index is 11.8. The molecule has 0 radical (unpaired) electrons. The van der Waals surface area contributed by atoms with Crippen LogP contribution in [0.3, 0.4) is 0 Å². The standard InChI is InChI=1S/C10H18N4O2S.ClH/c11-9-3-1-2-8(4-9)5-14-17(15,16)10-6-12-7-13-10;/h6-9,14H,1-5,11H2,(H,12,13);1H. The first kappa shape index (κ1) is 15.4. The van der Waals surface area contributed by atoms with Gasteiger partial charge in [-0.05, 0) is 25.2 Å². The van der Waals surface area contributed by atoms with Crippen LogP contribution in [0.4, 0.5) is 0 Å². The summed E-state index contributed by atoms with van der Waals surface area (Å²) in [5.41, 5.74) is 5.87. The third-order valence-electron chi connectivity index (χ3n) is 3.15. The lowest BCUT2D eigenvalue weighted by molar-refractivity contribution is 0.322. The van der Waals surface area contributed by atoms with Crippen LogP contribution in [0.5, 0.6) is 0 Å². The number of rotatable bonds is 4. The summed E-state index contributed by atoms with van der Waals surface area (Å²) in [5, 5.41) is 0.109. The SMILES string of the molecule is Cl.NC1CCCC(CNS(=O)(=O)c2cnc[nH]2)C1. The van der Waals surface area contributed by atoms with Crippen molar-refractivity contribution in [1.82, 2.24) is 14.7 Å². The lowest BCUT2D eigenvalue weighted by Gasteiger charge is -2.26. The second-order valence-electron chi connectivity index (χ2n) is 4.56. The van der Waals surface area contributed by atoms with Gasteiger partial charge in [0, 0.05) is 12.6 Å². The van der Waals surface area contributed by atoms with E-state index in [4.69, 9.17) is 5.73 Å². The first-order valence-electron chi connectivity index (χ1n) is 5.81. The lowest BCUT2D eigenvalue weighted by Crippen LogP contribution is -2.35. The fraction of sp³-hybridized carbons (Fsp3) is 0.700. The van der Waals surface area contributed by atoms with Gasteiger partial charge in [-0.3, -0.25) is 0 Å². The molecule has 4 N–H and O–H groups in total. The smallest absolute Gasteiger partial charge is 0.257 e. The van der Waals surface area contributed by atoms with Gasteiger partial charge in [-0.25, -0.2) is 18.1 Å². The second-order valence-corrected chi connectivity index (χ2v) is 6.30. The molecule has 0 spiro atoms. The Kier molecular flexibility index (Phi) is 5.58. The van der Waals surface area contributed by atoms with Gasteiger partial charge in [0.1, 0.15) is 0 Å². The van der Waals surface area contributed by atoms with Crippen molar-refractivity contribution < 1.29 is 8.42 Å². The molecule has 1 aliphatic carbocycles. The minimum atomic E-state index is -3.44. The lowest BCUT2D eigenvalue weighted by atomic mass is 9.86. The summed E-state index contributed by atoms with van der Waals surface area (Å²) >= 11 is 0. The van der Waals surface area contributed by atoms with Crippen LogP contribution in [0.25, 0.3) is 0 Å². The van der Waals surface area contributed by atoms with Crippen molar-refractivity contribution in [2.75, 3.05) is 6.54 Å². The molecule has 2 atom stereocenters. The number of halogens is 1. The normalized spacial score (nSPS) is 24.5. The zero-order chi connectivity index (χ0) is 12.3. The van der Waals surface area contributed by atoms with Crippen LogP contribution < -0.4 is 10.5 Å². The van der Waals surface area contributed by atoms with Crippen LogP contribution in [-0.2, 0) is 10.0 Å². The number of hydrogen-bond donors (Lipinski definition) is 3. The summed E-state index contributed by atoms with van der Waals surface area (Å²) in [4.78, 5) is 6.29. The molecular weight excluding hydrogens is 276 g/mol. The molecule has 2 rings (SSSR count). The summed E-state index contributed by atoms with van der Waals surface area (Å²) < 4.78 is 26.2. The van der Waals surface area contributed by atoms with E-state index in [1.165, 1.54) is 12.5 Å². The van der Waals surface area contributed by atoms with Crippen LogP contribution in [0, 0.1) is 5.92 Å². The molecule has 8 heteroatoms. The van der Waals surface area contributed by atoms with E-state index in [9.17, 15) is 8.42 Å². The predicted molar refractivity (Wildman–Crippen MR) is 71.0 cm³/mol. The molecule has 18 heavy (non-hydrogen) atoms. The number of nitrogens with one attached hydrogen (secondary N) is 2. The Hall–Kier alpha value is -0.630. The van der Waals surface area contributed by atoms with Crippen molar-refractivity contribution in [2.45, 2.75) is 36.8 Å². The predicted octanol–water partition coefficient (Wildman–Crippen LogP) is 0.627. The van der Waals surface area contributed by atoms with Gasteiger partial charge in [0.15, 0.2) is 5.03 Å². The van der Waals surface area contributed by atoms with Crippen molar-refractivity contribution in [1.29, 1.82) is 0 Å². The highest BCUT2D eigenvalue weighted by atomic mass is 35.5. The molecule has 2 unspecified atom stereocenters. The molecule has 1 aromatic rings. The largest absolute Gasteiger partial charge is 0.335 e. The third-order valence-corrected chi connectivity index (χ3v) is 4.50. The molecule has 1 aromatic heterocycles. The van der Waals surface area contributed by atoms with Crippen molar-refractivity contribution >= 4 is 22.4 Å². The number of nitrogens with zero attached hydrogens (tertiary/aromatic N) is 1. The quantitative estimate of drug-likeness (QED) is 0.758. The molecule has 0 aliphatic heterocycles. The van der Waals surface area contributed by atoms with E-state index >= 15 is 0 Å².